The summed E-state index contributed by atoms with van der Waals surface area (Å²) in [6.07, 6.45) is 5.68. The van der Waals surface area contributed by atoms with Gasteiger partial charge >= 0.3 is 0 Å². The van der Waals surface area contributed by atoms with Gasteiger partial charge in [0.05, 0.1) is 12.5 Å². The average Bonchev–Trinajstić information content (AvgIpc) is 2.76. The fourth-order valence-electron chi connectivity index (χ4n) is 2.93. The van der Waals surface area contributed by atoms with Gasteiger partial charge in [-0.2, -0.15) is 4.98 Å². The van der Waals surface area contributed by atoms with Crippen LogP contribution >= 0.6 is 0 Å². The lowest BCUT2D eigenvalue weighted by atomic mass is 10.0. The number of hydrogen-bond acceptors (Lipinski definition) is 4. The van der Waals surface area contributed by atoms with Crippen LogP contribution in [-0.2, 0) is 19.9 Å². The number of benzene rings is 1. The lowest BCUT2D eigenvalue weighted by molar-refractivity contribution is 0.773. The van der Waals surface area contributed by atoms with Crippen LogP contribution < -0.4 is 4.90 Å². The summed E-state index contributed by atoms with van der Waals surface area (Å²) in [5, 5.41) is 0. The third-order valence-corrected chi connectivity index (χ3v) is 4.14. The van der Waals surface area contributed by atoms with E-state index in [2.05, 4.69) is 44.1 Å². The van der Waals surface area contributed by atoms with Crippen LogP contribution in [-0.4, -0.2) is 32.6 Å². The molecule has 0 N–H and O–H groups in total. The van der Waals surface area contributed by atoms with Crippen molar-refractivity contribution in [1.29, 1.82) is 0 Å². The van der Waals surface area contributed by atoms with Gasteiger partial charge in [0.15, 0.2) is 5.65 Å². The Kier molecular flexibility index (Phi) is 2.84. The van der Waals surface area contributed by atoms with Gasteiger partial charge in [0.2, 0.25) is 5.95 Å². The predicted molar refractivity (Wildman–Crippen MR) is 82.4 cm³/mol. The van der Waals surface area contributed by atoms with E-state index in [-0.39, 0.29) is 0 Å². The molecule has 106 valence electrons. The summed E-state index contributed by atoms with van der Waals surface area (Å²) in [5.41, 5.74) is 4.63. The Labute approximate surface area is 123 Å². The maximum Gasteiger partial charge on any atom is 0.227 e. The summed E-state index contributed by atoms with van der Waals surface area (Å²) in [4.78, 5) is 15.7. The molecule has 0 saturated heterocycles. The Morgan fingerprint density at radius 1 is 1.00 bits per heavy atom. The highest BCUT2D eigenvalue weighted by Crippen LogP contribution is 2.19. The number of imidazole rings is 1. The molecule has 4 rings (SSSR count). The van der Waals surface area contributed by atoms with E-state index in [4.69, 9.17) is 0 Å². The Balaban J connectivity index is 1.65. The van der Waals surface area contributed by atoms with E-state index in [9.17, 15) is 0 Å². The second kappa shape index (κ2) is 4.84. The first-order chi connectivity index (χ1) is 10.3. The number of aromatic nitrogens is 4. The molecule has 5 nitrogen and oxygen atoms in total. The molecule has 0 atom stereocenters. The third kappa shape index (κ3) is 2.14. The van der Waals surface area contributed by atoms with Gasteiger partial charge in [-0.05, 0) is 24.0 Å². The van der Waals surface area contributed by atoms with Crippen molar-refractivity contribution in [2.45, 2.75) is 12.8 Å². The van der Waals surface area contributed by atoms with Crippen molar-refractivity contribution >= 4 is 17.1 Å². The Morgan fingerprint density at radius 2 is 1.71 bits per heavy atom. The van der Waals surface area contributed by atoms with E-state index in [1.54, 1.807) is 6.33 Å². The molecular formula is C16H17N5. The molecule has 1 aliphatic rings. The molecule has 0 spiro atoms. The monoisotopic (exact) mass is 279 g/mol. The quantitative estimate of drug-likeness (QED) is 0.683. The van der Waals surface area contributed by atoms with E-state index in [1.807, 2.05) is 17.8 Å². The lowest BCUT2D eigenvalue weighted by Gasteiger charge is -2.19. The van der Waals surface area contributed by atoms with E-state index in [0.717, 1.165) is 43.0 Å². The fraction of sp³-hybridized carbons (Fsp3) is 0.312. The van der Waals surface area contributed by atoms with Crippen LogP contribution in [0.25, 0.3) is 11.2 Å². The van der Waals surface area contributed by atoms with Crippen LogP contribution in [0, 0.1) is 0 Å². The topological polar surface area (TPSA) is 46.8 Å². The van der Waals surface area contributed by atoms with Crippen molar-refractivity contribution in [2.75, 3.05) is 18.0 Å². The third-order valence-electron chi connectivity index (χ3n) is 4.14. The second-order valence-corrected chi connectivity index (χ2v) is 5.49. The first-order valence-corrected chi connectivity index (χ1v) is 7.27. The van der Waals surface area contributed by atoms with Crippen molar-refractivity contribution < 1.29 is 0 Å². The molecular weight excluding hydrogens is 262 g/mol. The number of hydrogen-bond donors (Lipinski definition) is 0. The highest BCUT2D eigenvalue weighted by molar-refractivity contribution is 5.70. The zero-order valence-electron chi connectivity index (χ0n) is 12.0. The van der Waals surface area contributed by atoms with E-state index in [0.29, 0.717) is 0 Å². The van der Waals surface area contributed by atoms with Crippen molar-refractivity contribution in [3.8, 4) is 0 Å². The molecule has 0 unspecified atom stereocenters. The van der Waals surface area contributed by atoms with Crippen molar-refractivity contribution in [2.24, 2.45) is 7.05 Å². The maximum atomic E-state index is 4.68. The first kappa shape index (κ1) is 12.3. The zero-order chi connectivity index (χ0) is 14.2. The van der Waals surface area contributed by atoms with Gasteiger partial charge in [-0.25, -0.2) is 9.97 Å². The van der Waals surface area contributed by atoms with Crippen LogP contribution in [0.3, 0.4) is 0 Å². The van der Waals surface area contributed by atoms with Crippen LogP contribution in [0.15, 0.2) is 36.8 Å². The number of rotatable bonds is 1. The smallest absolute Gasteiger partial charge is 0.227 e. The summed E-state index contributed by atoms with van der Waals surface area (Å²) in [6, 6.07) is 8.69. The predicted octanol–water partition coefficient (Wildman–Crippen LogP) is 1.97. The Hall–Kier alpha value is -2.43. The van der Waals surface area contributed by atoms with Gasteiger partial charge in [-0.15, -0.1) is 0 Å². The van der Waals surface area contributed by atoms with Gasteiger partial charge in [0.1, 0.15) is 5.52 Å². The molecule has 3 heterocycles. The van der Waals surface area contributed by atoms with Crippen LogP contribution in [0.2, 0.25) is 0 Å². The molecule has 1 aliphatic heterocycles. The summed E-state index contributed by atoms with van der Waals surface area (Å²) in [6.45, 7) is 1.92. The summed E-state index contributed by atoms with van der Waals surface area (Å²) in [7, 11) is 1.96. The van der Waals surface area contributed by atoms with Gasteiger partial charge in [-0.1, -0.05) is 24.3 Å². The molecule has 1 aromatic carbocycles. The Morgan fingerprint density at radius 3 is 2.43 bits per heavy atom. The first-order valence-electron chi connectivity index (χ1n) is 7.27. The highest BCUT2D eigenvalue weighted by atomic mass is 15.3. The molecule has 21 heavy (non-hydrogen) atoms. The number of nitrogens with zero attached hydrogens (tertiary/aromatic N) is 5. The number of fused-ring (bicyclic) bond motifs is 2. The van der Waals surface area contributed by atoms with Crippen molar-refractivity contribution in [3.63, 3.8) is 0 Å². The lowest BCUT2D eigenvalue weighted by Crippen LogP contribution is -2.27. The molecule has 0 bridgehead atoms. The molecule has 3 aromatic rings. The molecule has 0 fully saturated rings. The largest absolute Gasteiger partial charge is 0.340 e. The van der Waals surface area contributed by atoms with Crippen molar-refractivity contribution in [3.05, 3.63) is 47.9 Å². The van der Waals surface area contributed by atoms with Crippen LogP contribution in [0.4, 0.5) is 5.95 Å². The minimum absolute atomic E-state index is 0.805. The standard InChI is InChI=1S/C16H17N5/c1-20-11-18-14-10-17-16(19-15(14)20)21-8-6-12-4-2-3-5-13(12)7-9-21/h2-5,10-11H,6-9H2,1H3. The minimum Gasteiger partial charge on any atom is -0.340 e. The van der Waals surface area contributed by atoms with Gasteiger partial charge < -0.3 is 9.47 Å². The molecule has 2 aromatic heterocycles. The highest BCUT2D eigenvalue weighted by Gasteiger charge is 2.16. The van der Waals surface area contributed by atoms with E-state index in [1.165, 1.54) is 11.1 Å². The molecule has 5 heteroatoms. The average molecular weight is 279 g/mol. The SMILES string of the molecule is Cn1cnc2cnc(N3CCc4ccccc4CC3)nc21. The van der Waals surface area contributed by atoms with Crippen LogP contribution in [0.1, 0.15) is 11.1 Å². The molecule has 0 amide bonds. The van der Waals surface area contributed by atoms with Gasteiger partial charge in [0, 0.05) is 20.1 Å². The summed E-state index contributed by atoms with van der Waals surface area (Å²) < 4.78 is 1.94. The second-order valence-electron chi connectivity index (χ2n) is 5.49. The van der Waals surface area contributed by atoms with Crippen molar-refractivity contribution in [1.82, 2.24) is 19.5 Å². The summed E-state index contributed by atoms with van der Waals surface area (Å²) >= 11 is 0. The van der Waals surface area contributed by atoms with Gasteiger partial charge in [0.25, 0.3) is 0 Å². The number of aryl methyl sites for hydroxylation is 1. The Bertz CT molecular complexity index is 765. The summed E-state index contributed by atoms with van der Waals surface area (Å²) in [5.74, 6) is 0.805. The fourth-order valence-corrected chi connectivity index (χ4v) is 2.93. The number of anilines is 1. The maximum absolute atomic E-state index is 4.68. The molecule has 0 saturated carbocycles. The van der Waals surface area contributed by atoms with Crippen LogP contribution in [0.5, 0.6) is 0 Å². The zero-order valence-corrected chi connectivity index (χ0v) is 12.0. The minimum atomic E-state index is 0.805. The molecule has 0 aliphatic carbocycles. The van der Waals surface area contributed by atoms with E-state index >= 15 is 0 Å². The normalized spacial score (nSPS) is 15.0. The van der Waals surface area contributed by atoms with Gasteiger partial charge in [-0.3, -0.25) is 0 Å². The molecule has 0 radical (unpaired) electrons. The van der Waals surface area contributed by atoms with E-state index < -0.39 is 0 Å².